The van der Waals surface area contributed by atoms with E-state index in [-0.39, 0.29) is 18.7 Å². The predicted octanol–water partition coefficient (Wildman–Crippen LogP) is 0.177. The van der Waals surface area contributed by atoms with Crippen molar-refractivity contribution in [3.63, 3.8) is 0 Å². The van der Waals surface area contributed by atoms with Crippen LogP contribution in [0.15, 0.2) is 6.20 Å². The molecule has 1 atom stereocenters. The molecule has 8 heteroatoms. The van der Waals surface area contributed by atoms with Gasteiger partial charge in [-0.15, -0.1) is 0 Å². The van der Waals surface area contributed by atoms with Gasteiger partial charge in [0.25, 0.3) is 5.91 Å². The molecule has 0 aromatic carbocycles. The zero-order chi connectivity index (χ0) is 11.8. The summed E-state index contributed by atoms with van der Waals surface area (Å²) in [5.41, 5.74) is -2.21. The first-order valence-corrected chi connectivity index (χ1v) is 5.25. The maximum Gasteiger partial charge on any atom is 0.343 e. The number of amides is 1. The number of carboxylic acid groups (broad SMARTS) is 1. The molecule has 1 amide bonds. The lowest BCUT2D eigenvalue weighted by Gasteiger charge is -2.16. The van der Waals surface area contributed by atoms with Gasteiger partial charge < -0.3 is 10.0 Å². The number of nitrogens with zero attached hydrogens (tertiary/aromatic N) is 3. The maximum atomic E-state index is 13.7. The molecular formula is C8H8FN3O3S. The number of hydrogen-bond donors (Lipinski definition) is 1. The quantitative estimate of drug-likeness (QED) is 0.803. The second-order valence-corrected chi connectivity index (χ2v) is 4.10. The van der Waals surface area contributed by atoms with Gasteiger partial charge in [-0.2, -0.15) is 8.75 Å². The third kappa shape index (κ3) is 1.75. The van der Waals surface area contributed by atoms with Gasteiger partial charge in [-0.3, -0.25) is 4.79 Å². The van der Waals surface area contributed by atoms with Gasteiger partial charge in [0.15, 0.2) is 5.69 Å². The Bertz CT molecular complexity index is 424. The number of aromatic nitrogens is 2. The predicted molar refractivity (Wildman–Crippen MR) is 51.9 cm³/mol. The molecule has 1 aromatic heterocycles. The number of likely N-dealkylation sites (tertiary alicyclic amines) is 1. The normalized spacial score (nSPS) is 24.7. The Kier molecular flexibility index (Phi) is 2.58. The first-order valence-electron chi connectivity index (χ1n) is 4.52. The number of carbonyl (C=O) groups is 2. The summed E-state index contributed by atoms with van der Waals surface area (Å²) in [7, 11) is 0. The number of halogens is 1. The minimum atomic E-state index is -2.33. The molecular weight excluding hydrogens is 237 g/mol. The number of alkyl halides is 1. The summed E-state index contributed by atoms with van der Waals surface area (Å²) in [4.78, 5) is 23.5. The van der Waals surface area contributed by atoms with Crippen molar-refractivity contribution in [2.75, 3.05) is 13.1 Å². The summed E-state index contributed by atoms with van der Waals surface area (Å²) in [6, 6.07) is 0. The second-order valence-electron chi connectivity index (χ2n) is 3.54. The van der Waals surface area contributed by atoms with Crippen LogP contribution in [-0.2, 0) is 4.79 Å². The van der Waals surface area contributed by atoms with E-state index < -0.39 is 24.1 Å². The molecule has 1 N–H and O–H groups in total. The molecule has 0 bridgehead atoms. The summed E-state index contributed by atoms with van der Waals surface area (Å²) in [6.07, 6.45) is 1.09. The van der Waals surface area contributed by atoms with Crippen LogP contribution >= 0.6 is 11.7 Å². The highest BCUT2D eigenvalue weighted by Crippen LogP contribution is 2.26. The Morgan fingerprint density at radius 1 is 1.62 bits per heavy atom. The van der Waals surface area contributed by atoms with Crippen LogP contribution in [0.5, 0.6) is 0 Å². The molecule has 2 heterocycles. The van der Waals surface area contributed by atoms with E-state index in [1.54, 1.807) is 0 Å². The third-order valence-electron chi connectivity index (χ3n) is 2.47. The fourth-order valence-electron chi connectivity index (χ4n) is 1.54. The van der Waals surface area contributed by atoms with Crippen LogP contribution in [0.4, 0.5) is 4.39 Å². The Labute approximate surface area is 94.0 Å². The number of aliphatic carboxylic acids is 1. The summed E-state index contributed by atoms with van der Waals surface area (Å²) < 4.78 is 21.0. The van der Waals surface area contributed by atoms with Crippen LogP contribution < -0.4 is 0 Å². The molecule has 16 heavy (non-hydrogen) atoms. The van der Waals surface area contributed by atoms with E-state index in [1.807, 2.05) is 0 Å². The van der Waals surface area contributed by atoms with Gasteiger partial charge in [-0.25, -0.2) is 9.18 Å². The molecule has 0 radical (unpaired) electrons. The minimum absolute atomic E-state index is 0.0825. The summed E-state index contributed by atoms with van der Waals surface area (Å²) in [5, 5.41) is 8.66. The van der Waals surface area contributed by atoms with Gasteiger partial charge in [-0.1, -0.05) is 0 Å². The van der Waals surface area contributed by atoms with E-state index in [2.05, 4.69) is 8.75 Å². The average molecular weight is 245 g/mol. The van der Waals surface area contributed by atoms with Crippen LogP contribution in [0.1, 0.15) is 16.9 Å². The van der Waals surface area contributed by atoms with Crippen molar-refractivity contribution in [1.82, 2.24) is 13.6 Å². The van der Waals surface area contributed by atoms with Crippen molar-refractivity contribution in [2.24, 2.45) is 0 Å². The van der Waals surface area contributed by atoms with Gasteiger partial charge in [-0.05, 0) is 0 Å². The van der Waals surface area contributed by atoms with E-state index in [9.17, 15) is 14.0 Å². The van der Waals surface area contributed by atoms with Gasteiger partial charge >= 0.3 is 5.97 Å². The van der Waals surface area contributed by atoms with E-state index in [0.29, 0.717) is 0 Å². The first-order chi connectivity index (χ1) is 7.53. The lowest BCUT2D eigenvalue weighted by Crippen LogP contribution is -2.39. The van der Waals surface area contributed by atoms with Gasteiger partial charge in [0.05, 0.1) is 24.5 Å². The monoisotopic (exact) mass is 245 g/mol. The molecule has 1 aliphatic heterocycles. The number of carboxylic acids is 1. The molecule has 0 saturated carbocycles. The topological polar surface area (TPSA) is 83.4 Å². The van der Waals surface area contributed by atoms with Crippen molar-refractivity contribution in [3.05, 3.63) is 11.9 Å². The van der Waals surface area contributed by atoms with Crippen LogP contribution in [0, 0.1) is 0 Å². The highest BCUT2D eigenvalue weighted by atomic mass is 32.1. The Hall–Kier alpha value is -1.57. The molecule has 1 aliphatic rings. The average Bonchev–Trinajstić information content (AvgIpc) is 2.85. The number of rotatable bonds is 2. The number of hydrogen-bond acceptors (Lipinski definition) is 5. The zero-order valence-corrected chi connectivity index (χ0v) is 8.91. The Morgan fingerprint density at radius 3 is 2.88 bits per heavy atom. The van der Waals surface area contributed by atoms with Gasteiger partial charge in [0.2, 0.25) is 5.67 Å². The summed E-state index contributed by atoms with van der Waals surface area (Å²) >= 11 is 0.875. The van der Waals surface area contributed by atoms with E-state index in [1.165, 1.54) is 6.20 Å². The standard InChI is InChI=1S/C8H8FN3O3S/c9-8(7(14)15)1-2-12(4-8)6(13)5-3-10-16-11-5/h3H,1-2,4H2,(H,14,15). The SMILES string of the molecule is O=C(c1cnsn1)N1CCC(F)(C(=O)O)C1. The Morgan fingerprint density at radius 2 is 2.38 bits per heavy atom. The molecule has 1 unspecified atom stereocenters. The fraction of sp³-hybridized carbons (Fsp3) is 0.500. The van der Waals surface area contributed by atoms with Gasteiger partial charge in [0, 0.05) is 13.0 Å². The van der Waals surface area contributed by atoms with Crippen molar-refractivity contribution in [2.45, 2.75) is 12.1 Å². The molecule has 0 aliphatic carbocycles. The molecule has 86 valence electrons. The smallest absolute Gasteiger partial charge is 0.343 e. The molecule has 6 nitrogen and oxygen atoms in total. The minimum Gasteiger partial charge on any atom is -0.479 e. The molecule has 1 aromatic rings. The zero-order valence-electron chi connectivity index (χ0n) is 8.09. The lowest BCUT2D eigenvalue weighted by molar-refractivity contribution is -0.149. The van der Waals surface area contributed by atoms with Crippen LogP contribution in [0.3, 0.4) is 0 Å². The largest absolute Gasteiger partial charge is 0.479 e. The fourth-order valence-corrected chi connectivity index (χ4v) is 1.95. The highest BCUT2D eigenvalue weighted by molar-refractivity contribution is 6.99. The maximum absolute atomic E-state index is 13.7. The molecule has 0 spiro atoms. The van der Waals surface area contributed by atoms with E-state index >= 15 is 0 Å². The highest BCUT2D eigenvalue weighted by Gasteiger charge is 2.47. The van der Waals surface area contributed by atoms with E-state index in [4.69, 9.17) is 5.11 Å². The Balaban J connectivity index is 2.10. The van der Waals surface area contributed by atoms with Crippen molar-refractivity contribution >= 4 is 23.6 Å². The molecule has 1 saturated heterocycles. The van der Waals surface area contributed by atoms with Crippen LogP contribution in [-0.4, -0.2) is 49.4 Å². The first kappa shape index (κ1) is 10.9. The summed E-state index contributed by atoms with van der Waals surface area (Å²) in [6.45, 7) is -0.349. The van der Waals surface area contributed by atoms with Gasteiger partial charge in [0.1, 0.15) is 0 Å². The van der Waals surface area contributed by atoms with Crippen LogP contribution in [0.25, 0.3) is 0 Å². The molecule has 2 rings (SSSR count). The van der Waals surface area contributed by atoms with Crippen molar-refractivity contribution in [3.8, 4) is 0 Å². The third-order valence-corrected chi connectivity index (χ3v) is 2.95. The molecule has 1 fully saturated rings. The summed E-state index contributed by atoms with van der Waals surface area (Å²) in [5.74, 6) is -2.01. The van der Waals surface area contributed by atoms with E-state index in [0.717, 1.165) is 16.6 Å². The van der Waals surface area contributed by atoms with Crippen molar-refractivity contribution in [1.29, 1.82) is 0 Å². The second kappa shape index (κ2) is 3.78. The number of carbonyl (C=O) groups excluding carboxylic acids is 1. The lowest BCUT2D eigenvalue weighted by atomic mass is 10.1. The van der Waals surface area contributed by atoms with Crippen molar-refractivity contribution < 1.29 is 19.1 Å². The van der Waals surface area contributed by atoms with Crippen LogP contribution in [0.2, 0.25) is 0 Å².